The predicted molar refractivity (Wildman–Crippen MR) is 99.8 cm³/mol. The molecule has 1 amide bonds. The summed E-state index contributed by atoms with van der Waals surface area (Å²) in [6.07, 6.45) is 2.29. The van der Waals surface area contributed by atoms with Crippen LogP contribution in [0.2, 0.25) is 0 Å². The van der Waals surface area contributed by atoms with E-state index in [0.29, 0.717) is 6.54 Å². The molecule has 0 bridgehead atoms. The molecular weight excluding hydrogens is 316 g/mol. The zero-order valence-corrected chi connectivity index (χ0v) is 14.8. The minimum atomic E-state index is -0.275. The van der Waals surface area contributed by atoms with Crippen LogP contribution in [-0.4, -0.2) is 17.2 Å². The Balaban J connectivity index is 1.53. The van der Waals surface area contributed by atoms with Crippen LogP contribution in [0, 0.1) is 5.92 Å². The molecule has 3 rings (SSSR count). The molecule has 2 aromatic rings. The van der Waals surface area contributed by atoms with Crippen LogP contribution in [0.4, 0.5) is 0 Å². The van der Waals surface area contributed by atoms with Crippen molar-refractivity contribution in [3.63, 3.8) is 0 Å². The van der Waals surface area contributed by atoms with Gasteiger partial charge in [-0.1, -0.05) is 55.5 Å². The second-order valence-electron chi connectivity index (χ2n) is 6.54. The maximum Gasteiger partial charge on any atom is 0.224 e. The standard InChI is InChI=1S/C20H24N2OS/c1-15(18(21)16-8-4-2-5-9-16)19(23)22-14-20(12-13-20)24-17-10-6-3-7-11-17/h2-11,15,18H,12-14,21H2,1H3,(H,22,23). The molecule has 1 aliphatic carbocycles. The summed E-state index contributed by atoms with van der Waals surface area (Å²) in [7, 11) is 0. The Morgan fingerprint density at radius 1 is 1.12 bits per heavy atom. The van der Waals surface area contributed by atoms with Gasteiger partial charge in [-0.15, -0.1) is 11.8 Å². The van der Waals surface area contributed by atoms with E-state index in [-0.39, 0.29) is 22.6 Å². The van der Waals surface area contributed by atoms with Crippen molar-refractivity contribution >= 4 is 17.7 Å². The van der Waals surface area contributed by atoms with Gasteiger partial charge < -0.3 is 11.1 Å². The molecule has 0 spiro atoms. The molecule has 1 aliphatic rings. The summed E-state index contributed by atoms with van der Waals surface area (Å²) in [5, 5.41) is 3.12. The fraction of sp³-hybridized carbons (Fsp3) is 0.350. The van der Waals surface area contributed by atoms with E-state index in [1.807, 2.05) is 55.1 Å². The van der Waals surface area contributed by atoms with Gasteiger partial charge in [0.2, 0.25) is 5.91 Å². The first-order valence-electron chi connectivity index (χ1n) is 8.42. The fourth-order valence-electron chi connectivity index (χ4n) is 2.73. The molecule has 0 aromatic heterocycles. The second kappa shape index (κ2) is 7.41. The number of benzene rings is 2. The van der Waals surface area contributed by atoms with Crippen molar-refractivity contribution in [2.45, 2.75) is 35.4 Å². The summed E-state index contributed by atoms with van der Waals surface area (Å²) in [4.78, 5) is 13.7. The van der Waals surface area contributed by atoms with E-state index in [2.05, 4.69) is 29.6 Å². The number of rotatable bonds is 7. The monoisotopic (exact) mass is 340 g/mol. The lowest BCUT2D eigenvalue weighted by Gasteiger charge is -2.22. The first kappa shape index (κ1) is 17.1. The molecule has 3 N–H and O–H groups in total. The molecule has 4 heteroatoms. The van der Waals surface area contributed by atoms with E-state index in [0.717, 1.165) is 18.4 Å². The number of thioether (sulfide) groups is 1. The molecule has 0 heterocycles. The lowest BCUT2D eigenvalue weighted by atomic mass is 9.94. The normalized spacial score (nSPS) is 17.8. The Kier molecular flexibility index (Phi) is 5.27. The number of hydrogen-bond acceptors (Lipinski definition) is 3. The van der Waals surface area contributed by atoms with Crippen LogP contribution in [0.5, 0.6) is 0 Å². The molecule has 0 radical (unpaired) electrons. The van der Waals surface area contributed by atoms with Gasteiger partial charge >= 0.3 is 0 Å². The van der Waals surface area contributed by atoms with Crippen LogP contribution >= 0.6 is 11.8 Å². The van der Waals surface area contributed by atoms with Crippen LogP contribution in [0.3, 0.4) is 0 Å². The maximum atomic E-state index is 12.5. The topological polar surface area (TPSA) is 55.1 Å². The average Bonchev–Trinajstić information content (AvgIpc) is 3.39. The fourth-order valence-corrected chi connectivity index (χ4v) is 3.97. The summed E-state index contributed by atoms with van der Waals surface area (Å²) < 4.78 is 0.160. The first-order chi connectivity index (χ1) is 11.6. The van der Waals surface area contributed by atoms with Crippen molar-refractivity contribution < 1.29 is 4.79 Å². The van der Waals surface area contributed by atoms with Crippen molar-refractivity contribution in [1.29, 1.82) is 0 Å². The highest BCUT2D eigenvalue weighted by molar-refractivity contribution is 8.01. The second-order valence-corrected chi connectivity index (χ2v) is 8.08. The van der Waals surface area contributed by atoms with E-state index >= 15 is 0 Å². The van der Waals surface area contributed by atoms with Crippen molar-refractivity contribution in [1.82, 2.24) is 5.32 Å². The van der Waals surface area contributed by atoms with Gasteiger partial charge in [-0.05, 0) is 30.5 Å². The molecule has 24 heavy (non-hydrogen) atoms. The van der Waals surface area contributed by atoms with Crippen LogP contribution in [0.1, 0.15) is 31.4 Å². The number of carbonyl (C=O) groups is 1. The van der Waals surface area contributed by atoms with Crippen molar-refractivity contribution in [3.8, 4) is 0 Å². The molecule has 2 atom stereocenters. The van der Waals surface area contributed by atoms with Gasteiger partial charge in [0.05, 0.1) is 5.92 Å². The summed E-state index contributed by atoms with van der Waals surface area (Å²) >= 11 is 1.87. The Labute approximate surface area is 148 Å². The van der Waals surface area contributed by atoms with Gasteiger partial charge in [-0.2, -0.15) is 0 Å². The van der Waals surface area contributed by atoms with Crippen molar-refractivity contribution in [2.24, 2.45) is 11.7 Å². The first-order valence-corrected chi connectivity index (χ1v) is 9.24. The predicted octanol–water partition coefficient (Wildman–Crippen LogP) is 3.76. The summed E-state index contributed by atoms with van der Waals surface area (Å²) in [5.41, 5.74) is 7.25. The third-order valence-electron chi connectivity index (χ3n) is 4.61. The maximum absolute atomic E-state index is 12.5. The smallest absolute Gasteiger partial charge is 0.224 e. The number of hydrogen-bond donors (Lipinski definition) is 2. The van der Waals surface area contributed by atoms with Crippen molar-refractivity contribution in [2.75, 3.05) is 6.54 Å². The Hall–Kier alpha value is -1.78. The molecule has 1 fully saturated rings. The molecule has 1 saturated carbocycles. The van der Waals surface area contributed by atoms with E-state index in [9.17, 15) is 4.79 Å². The van der Waals surface area contributed by atoms with Crippen LogP contribution in [0.25, 0.3) is 0 Å². The lowest BCUT2D eigenvalue weighted by molar-refractivity contribution is -0.125. The van der Waals surface area contributed by atoms with Gasteiger partial charge in [-0.25, -0.2) is 0 Å². The van der Waals surface area contributed by atoms with E-state index in [1.165, 1.54) is 4.90 Å². The summed E-state index contributed by atoms with van der Waals surface area (Å²) in [6, 6.07) is 19.9. The van der Waals surface area contributed by atoms with Gasteiger partial charge in [0.25, 0.3) is 0 Å². The molecule has 2 aromatic carbocycles. The minimum absolute atomic E-state index is 0.0336. The molecule has 2 unspecified atom stereocenters. The third kappa shape index (κ3) is 4.19. The van der Waals surface area contributed by atoms with Crippen molar-refractivity contribution in [3.05, 3.63) is 66.2 Å². The zero-order valence-electron chi connectivity index (χ0n) is 13.9. The van der Waals surface area contributed by atoms with E-state index in [4.69, 9.17) is 5.73 Å². The molecule has 126 valence electrons. The van der Waals surface area contributed by atoms with Gasteiger partial charge in [0.1, 0.15) is 0 Å². The summed E-state index contributed by atoms with van der Waals surface area (Å²) in [6.45, 7) is 2.61. The highest BCUT2D eigenvalue weighted by Gasteiger charge is 2.44. The third-order valence-corrected chi connectivity index (χ3v) is 6.10. The van der Waals surface area contributed by atoms with E-state index in [1.54, 1.807) is 0 Å². The van der Waals surface area contributed by atoms with Crippen LogP contribution in [-0.2, 0) is 4.79 Å². The molecule has 0 saturated heterocycles. The molecule has 0 aliphatic heterocycles. The number of nitrogens with one attached hydrogen (secondary N) is 1. The highest BCUT2D eigenvalue weighted by atomic mass is 32.2. The molecular formula is C20H24N2OS. The Morgan fingerprint density at radius 3 is 2.29 bits per heavy atom. The van der Waals surface area contributed by atoms with Gasteiger partial charge in [-0.3, -0.25) is 4.79 Å². The Bertz CT molecular complexity index is 671. The lowest BCUT2D eigenvalue weighted by Crippen LogP contribution is -2.39. The SMILES string of the molecule is CC(C(=O)NCC1(Sc2ccccc2)CC1)C(N)c1ccccc1. The largest absolute Gasteiger partial charge is 0.354 e. The quantitative estimate of drug-likeness (QED) is 0.807. The number of nitrogens with two attached hydrogens (primary N) is 1. The average molecular weight is 340 g/mol. The molecule has 3 nitrogen and oxygen atoms in total. The van der Waals surface area contributed by atoms with Gasteiger partial charge in [0.15, 0.2) is 0 Å². The Morgan fingerprint density at radius 2 is 1.71 bits per heavy atom. The summed E-state index contributed by atoms with van der Waals surface area (Å²) in [5.74, 6) is -0.212. The minimum Gasteiger partial charge on any atom is -0.354 e. The zero-order chi connectivity index (χ0) is 17.0. The number of carbonyl (C=O) groups excluding carboxylic acids is 1. The highest BCUT2D eigenvalue weighted by Crippen LogP contribution is 2.51. The van der Waals surface area contributed by atoms with Crippen LogP contribution in [0.15, 0.2) is 65.6 Å². The van der Waals surface area contributed by atoms with Gasteiger partial charge in [0, 0.05) is 22.2 Å². The number of amides is 1. The van der Waals surface area contributed by atoms with Crippen LogP contribution < -0.4 is 11.1 Å². The van der Waals surface area contributed by atoms with E-state index < -0.39 is 0 Å².